The number of hydrogen-bond donors (Lipinski definition) is 1. The normalized spacial score (nSPS) is 20.1. The molecule has 2 N–H and O–H groups in total. The van der Waals surface area contributed by atoms with E-state index in [1.165, 1.54) is 0 Å². The lowest BCUT2D eigenvalue weighted by Crippen LogP contribution is -2.44. The Morgan fingerprint density at radius 1 is 1.29 bits per heavy atom. The van der Waals surface area contributed by atoms with Gasteiger partial charge in [-0.05, 0) is 43.5 Å². The smallest absolute Gasteiger partial charge is 0.243 e. The highest BCUT2D eigenvalue weighted by Crippen LogP contribution is 2.27. The molecule has 1 fully saturated rings. The van der Waals surface area contributed by atoms with Crippen molar-refractivity contribution < 1.29 is 8.42 Å². The summed E-state index contributed by atoms with van der Waals surface area (Å²) in [5.74, 6) is 0. The van der Waals surface area contributed by atoms with Crippen LogP contribution in [0.25, 0.3) is 0 Å². The van der Waals surface area contributed by atoms with E-state index in [2.05, 4.69) is 6.07 Å². The van der Waals surface area contributed by atoms with Crippen LogP contribution in [0.15, 0.2) is 29.2 Å². The van der Waals surface area contributed by atoms with Crippen molar-refractivity contribution in [3.8, 4) is 6.07 Å². The summed E-state index contributed by atoms with van der Waals surface area (Å²) >= 11 is 0. The topological polar surface area (TPSA) is 87.2 Å². The quantitative estimate of drug-likeness (QED) is 0.896. The van der Waals surface area contributed by atoms with Gasteiger partial charge < -0.3 is 5.73 Å². The van der Waals surface area contributed by atoms with E-state index in [1.807, 2.05) is 0 Å². The molecule has 1 unspecified atom stereocenters. The maximum atomic E-state index is 12.8. The number of nitrogens with two attached hydrogens (primary N) is 1. The van der Waals surface area contributed by atoms with Crippen molar-refractivity contribution in [3.63, 3.8) is 0 Å². The Labute approximate surface area is 126 Å². The van der Waals surface area contributed by atoms with Gasteiger partial charge in [-0.15, -0.1) is 0 Å². The molecule has 0 saturated carbocycles. The Bertz CT molecular complexity index is 603. The standard InChI is InChI=1S/C15H21N3O2S/c16-10-8-13-4-6-15(7-5-13)21(19,20)18-12-2-1-3-14(18)9-11-17/h4-7,14H,1-3,8-9,11-12,17H2. The molecule has 0 bridgehead atoms. The summed E-state index contributed by atoms with van der Waals surface area (Å²) in [6.07, 6.45) is 3.82. The second-order valence-corrected chi connectivity index (χ2v) is 7.21. The molecule has 1 heterocycles. The third-order valence-corrected chi connectivity index (χ3v) is 5.85. The van der Waals surface area contributed by atoms with Crippen LogP contribution in [-0.2, 0) is 16.4 Å². The number of hydrogen-bond acceptors (Lipinski definition) is 4. The summed E-state index contributed by atoms with van der Waals surface area (Å²) in [5.41, 5.74) is 6.43. The third kappa shape index (κ3) is 3.62. The first-order valence-corrected chi connectivity index (χ1v) is 8.71. The van der Waals surface area contributed by atoms with Crippen molar-refractivity contribution >= 4 is 10.0 Å². The Morgan fingerprint density at radius 3 is 2.62 bits per heavy atom. The number of sulfonamides is 1. The predicted molar refractivity (Wildman–Crippen MR) is 81.0 cm³/mol. The predicted octanol–water partition coefficient (Wildman–Crippen LogP) is 1.64. The molecule has 1 aromatic rings. The van der Waals surface area contributed by atoms with Gasteiger partial charge in [0.25, 0.3) is 0 Å². The minimum Gasteiger partial charge on any atom is -0.330 e. The van der Waals surface area contributed by atoms with Gasteiger partial charge in [0.2, 0.25) is 10.0 Å². The van der Waals surface area contributed by atoms with E-state index in [1.54, 1.807) is 28.6 Å². The maximum Gasteiger partial charge on any atom is 0.243 e. The Kier molecular flexibility index (Phi) is 5.34. The highest BCUT2D eigenvalue weighted by atomic mass is 32.2. The number of benzene rings is 1. The first kappa shape index (κ1) is 16.0. The zero-order valence-corrected chi connectivity index (χ0v) is 12.8. The molecule has 5 nitrogen and oxygen atoms in total. The first-order valence-electron chi connectivity index (χ1n) is 7.27. The lowest BCUT2D eigenvalue weighted by Gasteiger charge is -2.34. The van der Waals surface area contributed by atoms with E-state index in [0.717, 1.165) is 24.8 Å². The van der Waals surface area contributed by atoms with Crippen molar-refractivity contribution in [1.29, 1.82) is 5.26 Å². The van der Waals surface area contributed by atoms with Crippen LogP contribution in [0.1, 0.15) is 31.2 Å². The SMILES string of the molecule is N#CCc1ccc(S(=O)(=O)N2CCCCC2CCN)cc1. The average Bonchev–Trinajstić information content (AvgIpc) is 2.49. The fourth-order valence-corrected chi connectivity index (χ4v) is 4.50. The molecule has 0 spiro atoms. The summed E-state index contributed by atoms with van der Waals surface area (Å²) in [7, 11) is -3.47. The van der Waals surface area contributed by atoms with Crippen LogP contribution < -0.4 is 5.73 Å². The summed E-state index contributed by atoms with van der Waals surface area (Å²) in [6.45, 7) is 1.06. The van der Waals surface area contributed by atoms with Crippen molar-refractivity contribution in [1.82, 2.24) is 4.31 Å². The molecule has 2 rings (SSSR count). The van der Waals surface area contributed by atoms with Gasteiger partial charge >= 0.3 is 0 Å². The first-order chi connectivity index (χ1) is 10.1. The molecule has 0 aliphatic carbocycles. The van der Waals surface area contributed by atoms with Crippen LogP contribution in [0.4, 0.5) is 0 Å². The fourth-order valence-electron chi connectivity index (χ4n) is 2.78. The maximum absolute atomic E-state index is 12.8. The van der Waals surface area contributed by atoms with Crippen LogP contribution in [0.2, 0.25) is 0 Å². The molecular formula is C15H21N3O2S. The van der Waals surface area contributed by atoms with Gasteiger partial charge in [-0.3, -0.25) is 0 Å². The highest BCUT2D eigenvalue weighted by Gasteiger charge is 2.32. The molecule has 1 saturated heterocycles. The Balaban J connectivity index is 2.25. The van der Waals surface area contributed by atoms with Gasteiger partial charge in [-0.25, -0.2) is 8.42 Å². The molecule has 0 radical (unpaired) electrons. The number of piperidine rings is 1. The van der Waals surface area contributed by atoms with Gasteiger partial charge in [-0.2, -0.15) is 9.57 Å². The van der Waals surface area contributed by atoms with Crippen LogP contribution >= 0.6 is 0 Å². The molecule has 21 heavy (non-hydrogen) atoms. The Hall–Kier alpha value is -1.42. The fraction of sp³-hybridized carbons (Fsp3) is 0.533. The van der Waals surface area contributed by atoms with Gasteiger partial charge in [0.05, 0.1) is 17.4 Å². The molecule has 1 atom stereocenters. The molecule has 0 aromatic heterocycles. The van der Waals surface area contributed by atoms with E-state index in [0.29, 0.717) is 30.8 Å². The zero-order valence-electron chi connectivity index (χ0n) is 12.0. The van der Waals surface area contributed by atoms with Crippen molar-refractivity contribution in [2.75, 3.05) is 13.1 Å². The van der Waals surface area contributed by atoms with Gasteiger partial charge in [-0.1, -0.05) is 18.6 Å². The molecule has 1 aromatic carbocycles. The summed E-state index contributed by atoms with van der Waals surface area (Å²) in [4.78, 5) is 0.299. The molecule has 6 heteroatoms. The van der Waals surface area contributed by atoms with Gasteiger partial charge in [0, 0.05) is 12.6 Å². The zero-order chi connectivity index (χ0) is 15.3. The largest absolute Gasteiger partial charge is 0.330 e. The molecule has 114 valence electrons. The van der Waals surface area contributed by atoms with Crippen molar-refractivity contribution in [3.05, 3.63) is 29.8 Å². The second kappa shape index (κ2) is 7.03. The van der Waals surface area contributed by atoms with E-state index >= 15 is 0 Å². The summed E-state index contributed by atoms with van der Waals surface area (Å²) in [6, 6.07) is 8.66. The van der Waals surface area contributed by atoms with Crippen LogP contribution in [0.5, 0.6) is 0 Å². The highest BCUT2D eigenvalue weighted by molar-refractivity contribution is 7.89. The van der Waals surface area contributed by atoms with Crippen LogP contribution in [0.3, 0.4) is 0 Å². The molecule has 0 amide bonds. The number of nitrogens with zero attached hydrogens (tertiary/aromatic N) is 2. The lowest BCUT2D eigenvalue weighted by molar-refractivity contribution is 0.243. The van der Waals surface area contributed by atoms with E-state index in [9.17, 15) is 8.42 Å². The van der Waals surface area contributed by atoms with Gasteiger partial charge in [0.15, 0.2) is 0 Å². The summed E-state index contributed by atoms with van der Waals surface area (Å²) in [5, 5.41) is 8.66. The van der Waals surface area contributed by atoms with E-state index < -0.39 is 10.0 Å². The van der Waals surface area contributed by atoms with E-state index in [-0.39, 0.29) is 6.04 Å². The van der Waals surface area contributed by atoms with E-state index in [4.69, 9.17) is 11.0 Å². The average molecular weight is 307 g/mol. The molecule has 1 aliphatic rings. The van der Waals surface area contributed by atoms with Crippen LogP contribution in [0, 0.1) is 11.3 Å². The van der Waals surface area contributed by atoms with Crippen molar-refractivity contribution in [2.24, 2.45) is 5.73 Å². The summed E-state index contributed by atoms with van der Waals surface area (Å²) < 4.78 is 27.1. The minimum atomic E-state index is -3.47. The molecular weight excluding hydrogens is 286 g/mol. The van der Waals surface area contributed by atoms with Crippen LogP contribution in [-0.4, -0.2) is 31.9 Å². The molecule has 1 aliphatic heterocycles. The number of rotatable bonds is 5. The van der Waals surface area contributed by atoms with Gasteiger partial charge in [0.1, 0.15) is 0 Å². The van der Waals surface area contributed by atoms with Crippen molar-refractivity contribution in [2.45, 2.75) is 43.0 Å². The monoisotopic (exact) mass is 307 g/mol. The number of nitriles is 1. The lowest BCUT2D eigenvalue weighted by atomic mass is 10.0. The third-order valence-electron chi connectivity index (χ3n) is 3.89. The minimum absolute atomic E-state index is 0.00698. The second-order valence-electron chi connectivity index (χ2n) is 5.32. The Morgan fingerprint density at radius 2 is 2.00 bits per heavy atom.